The lowest BCUT2D eigenvalue weighted by atomic mass is 10.0. The van der Waals surface area contributed by atoms with Gasteiger partial charge in [-0.15, -0.1) is 5.10 Å². The molecule has 0 aliphatic rings. The number of nitrogens with zero attached hydrogens (tertiary/aromatic N) is 3. The number of hydrogen-bond donors (Lipinski definition) is 2. The molecule has 0 spiro atoms. The van der Waals surface area contributed by atoms with E-state index in [2.05, 4.69) is 15.7 Å². The third-order valence-corrected chi connectivity index (χ3v) is 5.37. The van der Waals surface area contributed by atoms with Crippen molar-refractivity contribution in [3.05, 3.63) is 100 Å². The zero-order valence-electron chi connectivity index (χ0n) is 18.7. The summed E-state index contributed by atoms with van der Waals surface area (Å²) < 4.78 is 16.8. The van der Waals surface area contributed by atoms with Crippen molar-refractivity contribution in [2.75, 3.05) is 5.32 Å². The van der Waals surface area contributed by atoms with Crippen molar-refractivity contribution in [1.29, 1.82) is 0 Å². The molecule has 2 aromatic heterocycles. The predicted molar refractivity (Wildman–Crippen MR) is 126 cm³/mol. The van der Waals surface area contributed by atoms with Crippen LogP contribution in [0.1, 0.15) is 29.8 Å². The first-order valence-corrected chi connectivity index (χ1v) is 10.8. The van der Waals surface area contributed by atoms with Crippen LogP contribution in [-0.4, -0.2) is 32.0 Å². The first-order chi connectivity index (χ1) is 16.3. The highest BCUT2D eigenvalue weighted by Crippen LogP contribution is 2.15. The van der Waals surface area contributed by atoms with Crippen LogP contribution in [0.25, 0.3) is 5.65 Å². The maximum Gasteiger partial charge on any atom is 0.350 e. The number of rotatable bonds is 7. The summed E-state index contributed by atoms with van der Waals surface area (Å²) in [6.45, 7) is 3.80. The Morgan fingerprint density at radius 1 is 1.03 bits per heavy atom. The highest BCUT2D eigenvalue weighted by Gasteiger charge is 2.26. The Balaban J connectivity index is 1.49. The van der Waals surface area contributed by atoms with E-state index in [-0.39, 0.29) is 23.7 Å². The second kappa shape index (κ2) is 9.70. The van der Waals surface area contributed by atoms with Gasteiger partial charge in [-0.2, -0.15) is 0 Å². The lowest BCUT2D eigenvalue weighted by molar-refractivity contribution is -0.118. The van der Waals surface area contributed by atoms with Crippen molar-refractivity contribution in [2.45, 2.75) is 26.4 Å². The van der Waals surface area contributed by atoms with Gasteiger partial charge < -0.3 is 10.6 Å². The SMILES string of the molecule is CC(C)C(NC(=O)c1ccccc1F)C(=O)Nc1cccc(Cn2nc3ccccn3c2=O)c1. The molecule has 2 N–H and O–H groups in total. The van der Waals surface area contributed by atoms with Gasteiger partial charge in [-0.25, -0.2) is 13.9 Å². The molecular weight excluding hydrogens is 437 g/mol. The number of halogens is 1. The van der Waals surface area contributed by atoms with E-state index in [1.165, 1.54) is 27.3 Å². The van der Waals surface area contributed by atoms with Gasteiger partial charge >= 0.3 is 5.69 Å². The van der Waals surface area contributed by atoms with Crippen LogP contribution in [0.4, 0.5) is 10.1 Å². The number of carbonyl (C=O) groups excluding carboxylic acids is 2. The molecule has 0 saturated carbocycles. The topological polar surface area (TPSA) is 97.5 Å². The van der Waals surface area contributed by atoms with Gasteiger partial charge in [0.15, 0.2) is 5.65 Å². The van der Waals surface area contributed by atoms with Gasteiger partial charge in [-0.1, -0.05) is 44.2 Å². The molecule has 4 rings (SSSR count). The number of anilines is 1. The summed E-state index contributed by atoms with van der Waals surface area (Å²) in [6, 6.07) is 17.1. The predicted octanol–water partition coefficient (Wildman–Crippen LogP) is 3.08. The Kier molecular flexibility index (Phi) is 6.53. The van der Waals surface area contributed by atoms with Crippen LogP contribution in [0.15, 0.2) is 77.7 Å². The summed E-state index contributed by atoms with van der Waals surface area (Å²) in [5.74, 6) is -1.98. The first-order valence-electron chi connectivity index (χ1n) is 10.8. The number of nitrogens with one attached hydrogen (secondary N) is 2. The molecule has 8 nitrogen and oxygen atoms in total. The Labute approximate surface area is 195 Å². The van der Waals surface area contributed by atoms with Gasteiger partial charge in [0, 0.05) is 11.9 Å². The fourth-order valence-electron chi connectivity index (χ4n) is 3.61. The van der Waals surface area contributed by atoms with Crippen molar-refractivity contribution in [3.63, 3.8) is 0 Å². The van der Waals surface area contributed by atoms with Crippen LogP contribution in [0, 0.1) is 11.7 Å². The normalized spacial score (nSPS) is 12.0. The highest BCUT2D eigenvalue weighted by atomic mass is 19.1. The van der Waals surface area contributed by atoms with E-state index in [1.54, 1.807) is 62.5 Å². The van der Waals surface area contributed by atoms with Crippen molar-refractivity contribution in [1.82, 2.24) is 19.5 Å². The number of hydrogen-bond acceptors (Lipinski definition) is 4. The summed E-state index contributed by atoms with van der Waals surface area (Å²) in [6.07, 6.45) is 1.65. The van der Waals surface area contributed by atoms with Gasteiger partial charge in [-0.05, 0) is 47.9 Å². The van der Waals surface area contributed by atoms with E-state index in [1.807, 2.05) is 6.07 Å². The number of benzene rings is 2. The van der Waals surface area contributed by atoms with Gasteiger partial charge in [0.1, 0.15) is 11.9 Å². The minimum atomic E-state index is -0.878. The molecule has 0 aliphatic heterocycles. The van der Waals surface area contributed by atoms with Crippen LogP contribution in [0.3, 0.4) is 0 Å². The fourth-order valence-corrected chi connectivity index (χ4v) is 3.61. The van der Waals surface area contributed by atoms with E-state index in [4.69, 9.17) is 0 Å². The molecule has 0 bridgehead atoms. The number of amides is 2. The number of aromatic nitrogens is 3. The Morgan fingerprint density at radius 2 is 1.79 bits per heavy atom. The monoisotopic (exact) mass is 461 g/mol. The molecule has 2 amide bonds. The van der Waals surface area contributed by atoms with E-state index in [0.717, 1.165) is 5.56 Å². The largest absolute Gasteiger partial charge is 0.350 e. The molecule has 34 heavy (non-hydrogen) atoms. The maximum absolute atomic E-state index is 14.0. The lowest BCUT2D eigenvalue weighted by Gasteiger charge is -2.22. The van der Waals surface area contributed by atoms with E-state index < -0.39 is 23.7 Å². The lowest BCUT2D eigenvalue weighted by Crippen LogP contribution is -2.47. The van der Waals surface area contributed by atoms with Gasteiger partial charge in [0.05, 0.1) is 12.1 Å². The fraction of sp³-hybridized carbons (Fsp3) is 0.200. The van der Waals surface area contributed by atoms with Crippen LogP contribution in [-0.2, 0) is 11.3 Å². The number of carbonyl (C=O) groups is 2. The quantitative estimate of drug-likeness (QED) is 0.442. The Bertz CT molecular complexity index is 1410. The zero-order valence-corrected chi connectivity index (χ0v) is 18.7. The Hall–Kier alpha value is -4.27. The minimum absolute atomic E-state index is 0.124. The van der Waals surface area contributed by atoms with E-state index in [9.17, 15) is 18.8 Å². The molecule has 1 unspecified atom stereocenters. The van der Waals surface area contributed by atoms with E-state index in [0.29, 0.717) is 11.3 Å². The molecule has 2 aromatic carbocycles. The molecule has 4 aromatic rings. The standard InChI is InChI=1S/C25H24FN5O3/c1-16(2)22(28-23(32)19-10-3-4-11-20(19)26)24(33)27-18-9-7-8-17(14-18)15-31-25(34)30-13-6-5-12-21(30)29-31/h3-14,16,22H,15H2,1-2H3,(H,27,33)(H,28,32). The second-order valence-electron chi connectivity index (χ2n) is 8.23. The van der Waals surface area contributed by atoms with Crippen LogP contribution >= 0.6 is 0 Å². The van der Waals surface area contributed by atoms with Gasteiger partial charge in [0.25, 0.3) is 5.91 Å². The summed E-state index contributed by atoms with van der Waals surface area (Å²) >= 11 is 0. The smallest absolute Gasteiger partial charge is 0.340 e. The minimum Gasteiger partial charge on any atom is -0.340 e. The average molecular weight is 461 g/mol. The highest BCUT2D eigenvalue weighted by molar-refractivity contribution is 6.01. The molecule has 0 fully saturated rings. The van der Waals surface area contributed by atoms with Crippen molar-refractivity contribution in [2.24, 2.45) is 5.92 Å². The van der Waals surface area contributed by atoms with Crippen molar-refractivity contribution < 1.29 is 14.0 Å². The molecule has 0 aliphatic carbocycles. The number of pyridine rings is 1. The molecule has 174 valence electrons. The van der Waals surface area contributed by atoms with Crippen molar-refractivity contribution >= 4 is 23.1 Å². The molecule has 0 radical (unpaired) electrons. The van der Waals surface area contributed by atoms with Gasteiger partial charge in [-0.3, -0.25) is 14.0 Å². The van der Waals surface area contributed by atoms with E-state index >= 15 is 0 Å². The summed E-state index contributed by atoms with van der Waals surface area (Å²) in [7, 11) is 0. The zero-order chi connectivity index (χ0) is 24.2. The first kappa shape index (κ1) is 22.9. The van der Waals surface area contributed by atoms with Crippen LogP contribution in [0.5, 0.6) is 0 Å². The molecule has 0 saturated heterocycles. The Morgan fingerprint density at radius 3 is 2.53 bits per heavy atom. The third kappa shape index (κ3) is 4.88. The van der Waals surface area contributed by atoms with Crippen LogP contribution in [0.2, 0.25) is 0 Å². The summed E-state index contributed by atoms with van der Waals surface area (Å²) in [5, 5.41) is 9.74. The molecular formula is C25H24FN5O3. The summed E-state index contributed by atoms with van der Waals surface area (Å²) in [5.41, 5.74) is 1.42. The maximum atomic E-state index is 14.0. The van der Waals surface area contributed by atoms with Crippen molar-refractivity contribution in [3.8, 4) is 0 Å². The second-order valence-corrected chi connectivity index (χ2v) is 8.23. The molecule has 1 atom stereocenters. The summed E-state index contributed by atoms with van der Waals surface area (Å²) in [4.78, 5) is 38.0. The molecule has 2 heterocycles. The van der Waals surface area contributed by atoms with Crippen LogP contribution < -0.4 is 16.3 Å². The average Bonchev–Trinajstić information content (AvgIpc) is 3.13. The van der Waals surface area contributed by atoms with Gasteiger partial charge in [0.2, 0.25) is 5.91 Å². The third-order valence-electron chi connectivity index (χ3n) is 5.37. The molecule has 9 heteroatoms. The number of fused-ring (bicyclic) bond motifs is 1.